The van der Waals surface area contributed by atoms with Crippen molar-refractivity contribution in [2.75, 3.05) is 26.8 Å². The fourth-order valence-electron chi connectivity index (χ4n) is 5.66. The number of carbonyl (C=O) groups is 3. The highest BCUT2D eigenvalue weighted by molar-refractivity contribution is 6.31. The molecule has 6 bridgehead atoms. The van der Waals surface area contributed by atoms with Crippen LogP contribution >= 0.6 is 11.6 Å². The number of rotatable bonds is 2. The minimum absolute atomic E-state index is 0.156. The first kappa shape index (κ1) is 30.1. The fourth-order valence-corrected chi connectivity index (χ4v) is 5.91. The van der Waals surface area contributed by atoms with Gasteiger partial charge in [-0.15, -0.1) is 0 Å². The summed E-state index contributed by atoms with van der Waals surface area (Å²) in [7, 11) is 3.29. The Kier molecular flexibility index (Phi) is 8.40. The van der Waals surface area contributed by atoms with Gasteiger partial charge in [0.05, 0.1) is 24.7 Å². The molecule has 232 valence electrons. The summed E-state index contributed by atoms with van der Waals surface area (Å²) in [6, 6.07) is 19.4. The SMILES string of the molecule is COc1cc2ccc1O[C@H]1CN(C(=O)c3cc(Cl)cn3C)C[C@@H]1NC(=O)c1ccc(C)c(c1)-c1cccc(c1)OCC(=O)NC2. The summed E-state index contributed by atoms with van der Waals surface area (Å²) in [5.74, 6) is 0.637. The Morgan fingerprint density at radius 2 is 1.87 bits per heavy atom. The zero-order chi connectivity index (χ0) is 31.7. The number of aromatic nitrogens is 1. The van der Waals surface area contributed by atoms with Crippen LogP contribution in [0.3, 0.4) is 0 Å². The number of ether oxygens (including phenoxy) is 3. The van der Waals surface area contributed by atoms with E-state index >= 15 is 0 Å². The summed E-state index contributed by atoms with van der Waals surface area (Å²) in [6.45, 7) is 2.52. The highest BCUT2D eigenvalue weighted by atomic mass is 35.5. The second kappa shape index (κ2) is 12.6. The van der Waals surface area contributed by atoms with Crippen molar-refractivity contribution < 1.29 is 28.6 Å². The number of hydrogen-bond donors (Lipinski definition) is 2. The van der Waals surface area contributed by atoms with Crippen molar-refractivity contribution in [1.29, 1.82) is 0 Å². The molecule has 45 heavy (non-hydrogen) atoms. The predicted octanol–water partition coefficient (Wildman–Crippen LogP) is 4.37. The van der Waals surface area contributed by atoms with Gasteiger partial charge in [-0.3, -0.25) is 14.4 Å². The number of amides is 3. The third-order valence-electron chi connectivity index (χ3n) is 8.07. The summed E-state index contributed by atoms with van der Waals surface area (Å²) in [5.41, 5.74) is 4.36. The van der Waals surface area contributed by atoms with Gasteiger partial charge in [0.25, 0.3) is 17.7 Å². The lowest BCUT2D eigenvalue weighted by atomic mass is 9.97. The summed E-state index contributed by atoms with van der Waals surface area (Å²) >= 11 is 6.17. The Morgan fingerprint density at radius 3 is 2.64 bits per heavy atom. The number of nitrogens with one attached hydrogen (secondary N) is 2. The Labute approximate surface area is 265 Å². The van der Waals surface area contributed by atoms with Crippen molar-refractivity contribution in [3.8, 4) is 28.4 Å². The lowest BCUT2D eigenvalue weighted by Crippen LogP contribution is -2.45. The maximum Gasteiger partial charge on any atom is 0.270 e. The largest absolute Gasteiger partial charge is 0.493 e. The maximum absolute atomic E-state index is 13.7. The third-order valence-corrected chi connectivity index (χ3v) is 8.28. The molecule has 0 aliphatic carbocycles. The Bertz CT molecular complexity index is 1790. The number of aryl methyl sites for hydroxylation is 2. The van der Waals surface area contributed by atoms with Crippen molar-refractivity contribution in [3.63, 3.8) is 0 Å². The molecule has 0 saturated carbocycles. The zero-order valence-electron chi connectivity index (χ0n) is 25.1. The predicted molar refractivity (Wildman–Crippen MR) is 169 cm³/mol. The first-order valence-electron chi connectivity index (χ1n) is 14.5. The molecule has 1 aromatic heterocycles. The quantitative estimate of drug-likeness (QED) is 0.341. The lowest BCUT2D eigenvalue weighted by Gasteiger charge is -2.23. The molecule has 2 N–H and O–H groups in total. The first-order valence-corrected chi connectivity index (χ1v) is 14.9. The Hall–Kier alpha value is -4.96. The van der Waals surface area contributed by atoms with Crippen molar-refractivity contribution in [2.24, 2.45) is 7.05 Å². The van der Waals surface area contributed by atoms with Crippen LogP contribution in [0.2, 0.25) is 5.02 Å². The van der Waals surface area contributed by atoms with E-state index in [9.17, 15) is 14.4 Å². The molecule has 0 unspecified atom stereocenters. The molecule has 10 nitrogen and oxygen atoms in total. The number of halogens is 1. The third kappa shape index (κ3) is 6.46. The minimum Gasteiger partial charge on any atom is -0.493 e. The standard InChI is InChI=1S/C34H33ClN4O6/c1-20-7-9-23-13-26(20)22-5-4-6-25(12-22)44-19-32(40)36-15-21-8-10-29(30(11-21)43-3)45-31-18-39(17-27(31)37-33(23)41)34(42)28-14-24(35)16-38(28)2/h4-14,16,27,31H,15,17-19H2,1-3H3,(H,36,40)(H,37,41)/t27-,31-/m0/s1. The van der Waals surface area contributed by atoms with Gasteiger partial charge in [-0.2, -0.15) is 0 Å². The second-order valence-electron chi connectivity index (χ2n) is 11.2. The molecule has 3 aliphatic rings. The van der Waals surface area contributed by atoms with E-state index in [1.165, 1.54) is 7.11 Å². The van der Waals surface area contributed by atoms with Crippen LogP contribution in [0.25, 0.3) is 11.1 Å². The molecular formula is C34H33ClN4O6. The summed E-state index contributed by atoms with van der Waals surface area (Å²) in [5, 5.41) is 6.46. The van der Waals surface area contributed by atoms with Crippen LogP contribution in [0.5, 0.6) is 17.2 Å². The van der Waals surface area contributed by atoms with Gasteiger partial charge in [-0.1, -0.05) is 35.9 Å². The van der Waals surface area contributed by atoms with Gasteiger partial charge >= 0.3 is 0 Å². The van der Waals surface area contributed by atoms with Crippen molar-refractivity contribution >= 4 is 29.3 Å². The maximum atomic E-state index is 13.7. The molecule has 3 aromatic carbocycles. The number of benzene rings is 3. The van der Waals surface area contributed by atoms with Crippen LogP contribution in [0.4, 0.5) is 0 Å². The van der Waals surface area contributed by atoms with Gasteiger partial charge in [0.2, 0.25) is 0 Å². The molecule has 3 aliphatic heterocycles. The van der Waals surface area contributed by atoms with Crippen LogP contribution in [0, 0.1) is 6.92 Å². The highest BCUT2D eigenvalue weighted by Crippen LogP contribution is 2.32. The summed E-state index contributed by atoms with van der Waals surface area (Å²) in [4.78, 5) is 41.5. The normalized spacial score (nSPS) is 18.3. The molecule has 0 spiro atoms. The molecule has 2 atom stereocenters. The van der Waals surface area contributed by atoms with Gasteiger partial charge in [-0.25, -0.2) is 0 Å². The average molecular weight is 629 g/mol. The molecular weight excluding hydrogens is 596 g/mol. The minimum atomic E-state index is -0.586. The first-order chi connectivity index (χ1) is 21.7. The topological polar surface area (TPSA) is 111 Å². The number of carbonyl (C=O) groups excluding carboxylic acids is 3. The molecule has 7 rings (SSSR count). The second-order valence-corrected chi connectivity index (χ2v) is 11.6. The van der Waals surface area contributed by atoms with E-state index in [1.54, 1.807) is 53.0 Å². The van der Waals surface area contributed by atoms with Crippen molar-refractivity contribution in [2.45, 2.75) is 25.6 Å². The van der Waals surface area contributed by atoms with E-state index < -0.39 is 12.1 Å². The number of fused-ring (bicyclic) bond motifs is 7. The van der Waals surface area contributed by atoms with E-state index in [0.29, 0.717) is 33.5 Å². The van der Waals surface area contributed by atoms with Crippen LogP contribution in [-0.4, -0.2) is 66.1 Å². The van der Waals surface area contributed by atoms with Gasteiger partial charge < -0.3 is 34.3 Å². The van der Waals surface area contributed by atoms with Gasteiger partial charge in [0.1, 0.15) is 17.5 Å². The van der Waals surface area contributed by atoms with Gasteiger partial charge in [0, 0.05) is 31.9 Å². The average Bonchev–Trinajstić information content (AvgIpc) is 3.59. The molecule has 1 fully saturated rings. The van der Waals surface area contributed by atoms with Crippen LogP contribution in [-0.2, 0) is 18.4 Å². The van der Waals surface area contributed by atoms with Crippen molar-refractivity contribution in [1.82, 2.24) is 20.1 Å². The number of methoxy groups -OCH3 is 1. The van der Waals surface area contributed by atoms with E-state index in [-0.39, 0.29) is 44.0 Å². The lowest BCUT2D eigenvalue weighted by molar-refractivity contribution is -0.123. The highest BCUT2D eigenvalue weighted by Gasteiger charge is 2.39. The van der Waals surface area contributed by atoms with E-state index in [2.05, 4.69) is 10.6 Å². The van der Waals surface area contributed by atoms with Crippen LogP contribution < -0.4 is 24.8 Å². The van der Waals surface area contributed by atoms with Gasteiger partial charge in [-0.05, 0) is 71.6 Å². The smallest absolute Gasteiger partial charge is 0.270 e. The van der Waals surface area contributed by atoms with E-state index in [1.807, 2.05) is 43.3 Å². The number of nitrogens with zero attached hydrogens (tertiary/aromatic N) is 2. The number of hydrogen-bond acceptors (Lipinski definition) is 6. The van der Waals surface area contributed by atoms with Crippen LogP contribution in [0.1, 0.15) is 32.0 Å². The number of likely N-dealkylation sites (tertiary alicyclic amines) is 1. The van der Waals surface area contributed by atoms with E-state index in [0.717, 1.165) is 22.3 Å². The fraction of sp³-hybridized carbons (Fsp3) is 0.265. The molecule has 1 saturated heterocycles. The van der Waals surface area contributed by atoms with E-state index in [4.69, 9.17) is 25.8 Å². The molecule has 0 radical (unpaired) electrons. The Balaban J connectivity index is 1.37. The van der Waals surface area contributed by atoms with Crippen molar-refractivity contribution in [3.05, 3.63) is 100 Å². The van der Waals surface area contributed by atoms with Crippen LogP contribution in [0.15, 0.2) is 72.9 Å². The Morgan fingerprint density at radius 1 is 1.02 bits per heavy atom. The molecule has 3 amide bonds. The molecule has 11 heteroatoms. The summed E-state index contributed by atoms with van der Waals surface area (Å²) in [6.07, 6.45) is 1.09. The molecule has 4 aromatic rings. The van der Waals surface area contributed by atoms with Gasteiger partial charge in [0.15, 0.2) is 18.1 Å². The molecule has 4 heterocycles. The monoisotopic (exact) mass is 628 g/mol. The zero-order valence-corrected chi connectivity index (χ0v) is 25.9. The summed E-state index contributed by atoms with van der Waals surface area (Å²) < 4.78 is 19.5.